The van der Waals surface area contributed by atoms with Crippen molar-refractivity contribution in [3.05, 3.63) is 65.7 Å². The van der Waals surface area contributed by atoms with Crippen LogP contribution in [0.4, 0.5) is 4.39 Å². The van der Waals surface area contributed by atoms with E-state index in [0.717, 1.165) is 5.56 Å². The third-order valence-corrected chi connectivity index (χ3v) is 4.35. The van der Waals surface area contributed by atoms with E-state index in [9.17, 15) is 14.3 Å². The zero-order chi connectivity index (χ0) is 17.4. The van der Waals surface area contributed by atoms with Crippen molar-refractivity contribution in [3.8, 4) is 0 Å². The van der Waals surface area contributed by atoms with Crippen LogP contribution in [0.3, 0.4) is 0 Å². The van der Waals surface area contributed by atoms with Gasteiger partial charge in [0, 0.05) is 6.54 Å². The van der Waals surface area contributed by atoms with Crippen LogP contribution in [0.5, 0.6) is 0 Å². The van der Waals surface area contributed by atoms with E-state index in [0.29, 0.717) is 17.5 Å². The maximum absolute atomic E-state index is 13.2. The van der Waals surface area contributed by atoms with Crippen LogP contribution in [0.25, 0.3) is 11.0 Å². The van der Waals surface area contributed by atoms with Gasteiger partial charge in [0.1, 0.15) is 11.3 Å². The van der Waals surface area contributed by atoms with Crippen LogP contribution in [0, 0.1) is 5.82 Å². The molecule has 1 N–H and O–H groups in total. The molecule has 3 aromatic rings. The van der Waals surface area contributed by atoms with Crippen molar-refractivity contribution in [2.24, 2.45) is 0 Å². The second-order valence-corrected chi connectivity index (χ2v) is 6.04. The first kappa shape index (κ1) is 15.6. The van der Waals surface area contributed by atoms with Gasteiger partial charge in [0.25, 0.3) is 5.91 Å². The predicted octanol–water partition coefficient (Wildman–Crippen LogP) is 2.11. The number of rotatable bonds is 2. The van der Waals surface area contributed by atoms with Gasteiger partial charge in [-0.15, -0.1) is 10.2 Å². The molecule has 25 heavy (non-hydrogen) atoms. The fourth-order valence-corrected chi connectivity index (χ4v) is 3.14. The molecule has 1 aromatic heterocycles. The molecule has 1 aliphatic rings. The second kappa shape index (κ2) is 6.18. The molecule has 6 nitrogen and oxygen atoms in total. The van der Waals surface area contributed by atoms with Crippen LogP contribution >= 0.6 is 0 Å². The molecule has 1 amide bonds. The van der Waals surface area contributed by atoms with Crippen molar-refractivity contribution in [1.29, 1.82) is 0 Å². The third kappa shape index (κ3) is 2.94. The molecule has 2 atom stereocenters. The number of halogens is 1. The van der Waals surface area contributed by atoms with E-state index in [4.69, 9.17) is 0 Å². The number of benzene rings is 2. The standard InChI is InChI=1S/C18H15FN4O2/c19-12-7-5-11(6-8-12)16-9-13(24)10-23(16)18(25)17-20-14-3-1-2-4-15(14)21-22-17/h1-8,13,16,24H,9-10H2. The number of hydrogen-bond acceptors (Lipinski definition) is 5. The van der Waals surface area contributed by atoms with Crippen LogP contribution < -0.4 is 0 Å². The molecule has 0 radical (unpaired) electrons. The van der Waals surface area contributed by atoms with E-state index >= 15 is 0 Å². The SMILES string of the molecule is O=C(c1nnc2ccccc2n1)N1CC(O)CC1c1ccc(F)cc1. The van der Waals surface area contributed by atoms with Gasteiger partial charge in [0.05, 0.1) is 17.7 Å². The fraction of sp³-hybridized carbons (Fsp3) is 0.222. The Morgan fingerprint density at radius 3 is 2.56 bits per heavy atom. The molecule has 2 unspecified atom stereocenters. The third-order valence-electron chi connectivity index (χ3n) is 4.35. The Bertz CT molecular complexity index is 932. The molecule has 4 rings (SSSR count). The number of likely N-dealkylation sites (tertiary alicyclic amines) is 1. The molecular weight excluding hydrogens is 323 g/mol. The highest BCUT2D eigenvalue weighted by Crippen LogP contribution is 2.33. The van der Waals surface area contributed by atoms with Gasteiger partial charge in [0.2, 0.25) is 5.82 Å². The van der Waals surface area contributed by atoms with Gasteiger partial charge in [-0.2, -0.15) is 0 Å². The highest BCUT2D eigenvalue weighted by molar-refractivity contribution is 5.92. The summed E-state index contributed by atoms with van der Waals surface area (Å²) in [5.74, 6) is -0.758. The summed E-state index contributed by atoms with van der Waals surface area (Å²) in [7, 11) is 0. The van der Waals surface area contributed by atoms with Gasteiger partial charge in [-0.1, -0.05) is 24.3 Å². The molecule has 1 saturated heterocycles. The lowest BCUT2D eigenvalue weighted by atomic mass is 10.0. The summed E-state index contributed by atoms with van der Waals surface area (Å²) in [6.07, 6.45) is -0.259. The van der Waals surface area contributed by atoms with E-state index in [1.54, 1.807) is 24.3 Å². The van der Waals surface area contributed by atoms with Crippen molar-refractivity contribution in [3.63, 3.8) is 0 Å². The van der Waals surface area contributed by atoms with Crippen LogP contribution in [0.1, 0.15) is 28.6 Å². The monoisotopic (exact) mass is 338 g/mol. The van der Waals surface area contributed by atoms with Gasteiger partial charge in [-0.05, 0) is 36.2 Å². The van der Waals surface area contributed by atoms with Gasteiger partial charge < -0.3 is 10.0 Å². The maximum Gasteiger partial charge on any atom is 0.294 e. The fourth-order valence-electron chi connectivity index (χ4n) is 3.14. The molecule has 7 heteroatoms. The Morgan fingerprint density at radius 1 is 1.08 bits per heavy atom. The summed E-state index contributed by atoms with van der Waals surface area (Å²) in [6.45, 7) is 0.178. The zero-order valence-corrected chi connectivity index (χ0v) is 13.2. The van der Waals surface area contributed by atoms with Crippen molar-refractivity contribution in [2.45, 2.75) is 18.6 Å². The number of aliphatic hydroxyl groups excluding tert-OH is 1. The summed E-state index contributed by atoms with van der Waals surface area (Å²) < 4.78 is 13.2. The lowest BCUT2D eigenvalue weighted by Gasteiger charge is -2.23. The quantitative estimate of drug-likeness (QED) is 0.774. The van der Waals surface area contributed by atoms with E-state index in [1.165, 1.54) is 17.0 Å². The second-order valence-electron chi connectivity index (χ2n) is 6.04. The van der Waals surface area contributed by atoms with Gasteiger partial charge in [-0.25, -0.2) is 9.37 Å². The Kier molecular flexibility index (Phi) is 3.85. The number of carbonyl (C=O) groups is 1. The summed E-state index contributed by atoms with van der Waals surface area (Å²) in [4.78, 5) is 18.7. The molecule has 0 saturated carbocycles. The number of hydrogen-bond donors (Lipinski definition) is 1. The van der Waals surface area contributed by atoms with Crippen molar-refractivity contribution in [1.82, 2.24) is 20.1 Å². The zero-order valence-electron chi connectivity index (χ0n) is 13.2. The molecule has 126 valence electrons. The predicted molar refractivity (Wildman–Crippen MR) is 88.1 cm³/mol. The van der Waals surface area contributed by atoms with E-state index < -0.39 is 12.0 Å². The maximum atomic E-state index is 13.2. The largest absolute Gasteiger partial charge is 0.391 e. The van der Waals surface area contributed by atoms with Gasteiger partial charge in [0.15, 0.2) is 0 Å². The Balaban J connectivity index is 1.67. The lowest BCUT2D eigenvalue weighted by Crippen LogP contribution is -2.33. The number of fused-ring (bicyclic) bond motifs is 1. The Morgan fingerprint density at radius 2 is 1.80 bits per heavy atom. The molecule has 2 heterocycles. The lowest BCUT2D eigenvalue weighted by molar-refractivity contribution is 0.0702. The molecular formula is C18H15FN4O2. The topological polar surface area (TPSA) is 79.2 Å². The first-order valence-corrected chi connectivity index (χ1v) is 7.96. The van der Waals surface area contributed by atoms with Gasteiger partial charge in [-0.3, -0.25) is 4.79 Å². The minimum Gasteiger partial charge on any atom is -0.391 e. The van der Waals surface area contributed by atoms with Crippen LogP contribution in [0.2, 0.25) is 0 Å². The smallest absolute Gasteiger partial charge is 0.294 e. The van der Waals surface area contributed by atoms with Gasteiger partial charge >= 0.3 is 0 Å². The number of aromatic nitrogens is 3. The average Bonchev–Trinajstić information content (AvgIpc) is 3.03. The summed E-state index contributed by atoms with van der Waals surface area (Å²) >= 11 is 0. The van der Waals surface area contributed by atoms with Crippen molar-refractivity contribution < 1.29 is 14.3 Å². The number of nitrogens with zero attached hydrogens (tertiary/aromatic N) is 4. The minimum absolute atomic E-state index is 0.0140. The number of aliphatic hydroxyl groups is 1. The van der Waals surface area contributed by atoms with Crippen molar-refractivity contribution >= 4 is 16.9 Å². The van der Waals surface area contributed by atoms with Crippen LogP contribution in [-0.2, 0) is 0 Å². The number of amides is 1. The highest BCUT2D eigenvalue weighted by atomic mass is 19.1. The highest BCUT2D eigenvalue weighted by Gasteiger charge is 2.37. The molecule has 1 fully saturated rings. The van der Waals surface area contributed by atoms with E-state index in [2.05, 4.69) is 15.2 Å². The Labute approximate surface area is 142 Å². The average molecular weight is 338 g/mol. The first-order valence-electron chi connectivity index (χ1n) is 7.96. The van der Waals surface area contributed by atoms with Crippen LogP contribution in [0.15, 0.2) is 48.5 Å². The van der Waals surface area contributed by atoms with Crippen LogP contribution in [-0.4, -0.2) is 43.7 Å². The summed E-state index contributed by atoms with van der Waals surface area (Å²) in [6, 6.07) is 12.7. The summed E-state index contributed by atoms with van der Waals surface area (Å²) in [5, 5.41) is 18.0. The minimum atomic E-state index is -0.646. The molecule has 0 spiro atoms. The van der Waals surface area contributed by atoms with Crippen molar-refractivity contribution in [2.75, 3.05) is 6.54 Å². The van der Waals surface area contributed by atoms with E-state index in [-0.39, 0.29) is 24.2 Å². The number of β-amino-alcohol motifs (C(OH)–C–C–N with tert-alkyl or cyclic N) is 1. The number of carbonyl (C=O) groups excluding carboxylic acids is 1. The molecule has 0 bridgehead atoms. The Hall–Kier alpha value is -2.93. The number of para-hydroxylation sites is 1. The molecule has 2 aromatic carbocycles. The summed E-state index contributed by atoms with van der Waals surface area (Å²) in [5.41, 5.74) is 1.95. The first-order chi connectivity index (χ1) is 12.1. The molecule has 1 aliphatic heterocycles. The molecule has 0 aliphatic carbocycles. The normalized spacial score (nSPS) is 20.2. The van der Waals surface area contributed by atoms with E-state index in [1.807, 2.05) is 12.1 Å².